The smallest absolute Gasteiger partial charge is 0.333 e. The third kappa shape index (κ3) is 23.1. The van der Waals surface area contributed by atoms with Crippen molar-refractivity contribution >= 4 is 24.9 Å². The molecule has 0 saturated heterocycles. The number of ketones is 3. The number of Topliss-reactive ketones (excluding diaryl/α,β-unsaturated/α-hetero) is 3. The number of carbonyl (C=O) groups is 3. The van der Waals surface area contributed by atoms with Crippen LogP contribution >= 0.6 is 7.60 Å². The summed E-state index contributed by atoms with van der Waals surface area (Å²) >= 11 is 0. The molecule has 0 aromatic carbocycles. The van der Waals surface area contributed by atoms with Crippen LogP contribution < -0.4 is 0 Å². The Bertz CT molecular complexity index is 859. The minimum atomic E-state index is -5.00. The number of unbranched alkanes of at least 4 members (excludes halogenated alkanes) is 24. The first-order chi connectivity index (χ1) is 22.4. The van der Waals surface area contributed by atoms with Crippen LogP contribution in [0.5, 0.6) is 0 Å². The van der Waals surface area contributed by atoms with Gasteiger partial charge in [0.1, 0.15) is 18.4 Å². The highest BCUT2D eigenvalue weighted by molar-refractivity contribution is 7.52. The molecule has 0 spiro atoms. The van der Waals surface area contributed by atoms with Gasteiger partial charge in [-0.05, 0) is 12.8 Å². The van der Waals surface area contributed by atoms with E-state index in [1.807, 2.05) is 0 Å². The Balaban J connectivity index is 4.59. The maximum absolute atomic E-state index is 13.0. The molecule has 0 radical (unpaired) electrons. The molecule has 0 amide bonds. The van der Waals surface area contributed by atoms with Gasteiger partial charge in [0.25, 0.3) is 0 Å². The Kier molecular flexibility index (Phi) is 28.2. The standard InChI is InChI=1S/C37H71O9P/c1-3-5-7-9-11-13-15-17-19-21-23-25-27-29-32(38)35(41)36(42)37(43,34(40)31-47(44,45)46)33(39)30-28-26-24-22-20-18-16-14-12-10-8-6-4-2/h35-36,41-43H,3-31H2,1-2H3,(H2,44,45,46). The molecule has 3 atom stereocenters. The second-order valence-electron chi connectivity index (χ2n) is 13.8. The van der Waals surface area contributed by atoms with E-state index in [9.17, 15) is 44.1 Å². The van der Waals surface area contributed by atoms with Crippen LogP contribution in [-0.2, 0) is 18.9 Å². The molecule has 0 aliphatic heterocycles. The fraction of sp³-hybridized carbons (Fsp3) is 0.919. The second kappa shape index (κ2) is 28.8. The van der Waals surface area contributed by atoms with E-state index in [4.69, 9.17) is 0 Å². The summed E-state index contributed by atoms with van der Waals surface area (Å²) in [6, 6.07) is 0. The topological polar surface area (TPSA) is 169 Å². The van der Waals surface area contributed by atoms with E-state index in [1.165, 1.54) is 96.3 Å². The minimum absolute atomic E-state index is 0.105. The Labute approximate surface area is 286 Å². The van der Waals surface area contributed by atoms with Crippen molar-refractivity contribution in [2.75, 3.05) is 6.16 Å². The van der Waals surface area contributed by atoms with Crippen molar-refractivity contribution in [3.63, 3.8) is 0 Å². The highest BCUT2D eigenvalue weighted by atomic mass is 31.2. The zero-order valence-corrected chi connectivity index (χ0v) is 30.9. The van der Waals surface area contributed by atoms with Crippen LogP contribution in [0.15, 0.2) is 0 Å². The van der Waals surface area contributed by atoms with E-state index < -0.39 is 48.9 Å². The Morgan fingerprint density at radius 3 is 1.13 bits per heavy atom. The van der Waals surface area contributed by atoms with Crippen molar-refractivity contribution in [2.24, 2.45) is 0 Å². The predicted molar refractivity (Wildman–Crippen MR) is 190 cm³/mol. The molecule has 278 valence electrons. The quantitative estimate of drug-likeness (QED) is 0.0249. The molecule has 0 rings (SSSR count). The number of aliphatic hydroxyl groups is 3. The normalized spacial score (nSPS) is 14.5. The average molecular weight is 691 g/mol. The van der Waals surface area contributed by atoms with Gasteiger partial charge in [0.15, 0.2) is 17.3 Å². The first kappa shape index (κ1) is 46.0. The Hall–Kier alpha value is -0.960. The lowest BCUT2D eigenvalue weighted by atomic mass is 9.81. The van der Waals surface area contributed by atoms with Crippen molar-refractivity contribution in [1.29, 1.82) is 0 Å². The van der Waals surface area contributed by atoms with Gasteiger partial charge in [-0.3, -0.25) is 18.9 Å². The molecule has 3 unspecified atom stereocenters. The van der Waals surface area contributed by atoms with E-state index in [2.05, 4.69) is 13.8 Å². The summed E-state index contributed by atoms with van der Waals surface area (Å²) in [5.41, 5.74) is -3.27. The van der Waals surface area contributed by atoms with E-state index in [0.717, 1.165) is 51.4 Å². The first-order valence-corrected chi connectivity index (χ1v) is 20.9. The molecule has 0 aromatic rings. The molecule has 47 heavy (non-hydrogen) atoms. The van der Waals surface area contributed by atoms with Crippen LogP contribution in [0.1, 0.15) is 194 Å². The van der Waals surface area contributed by atoms with Crippen LogP contribution in [0.25, 0.3) is 0 Å². The molecule has 0 heterocycles. The summed E-state index contributed by atoms with van der Waals surface area (Å²) in [7, 11) is -5.00. The van der Waals surface area contributed by atoms with Gasteiger partial charge in [0.2, 0.25) is 5.60 Å². The predicted octanol–water partition coefficient (Wildman–Crippen LogP) is 8.29. The van der Waals surface area contributed by atoms with Crippen molar-refractivity contribution in [1.82, 2.24) is 0 Å². The molecule has 5 N–H and O–H groups in total. The van der Waals surface area contributed by atoms with Gasteiger partial charge in [-0.1, -0.05) is 168 Å². The molecule has 0 aliphatic rings. The van der Waals surface area contributed by atoms with Gasteiger partial charge in [0.05, 0.1) is 0 Å². The third-order valence-electron chi connectivity index (χ3n) is 9.29. The van der Waals surface area contributed by atoms with Crippen molar-refractivity contribution in [3.05, 3.63) is 0 Å². The number of carbonyl (C=O) groups excluding carboxylic acids is 3. The van der Waals surface area contributed by atoms with Crippen molar-refractivity contribution < 1.29 is 44.1 Å². The van der Waals surface area contributed by atoms with Crippen LogP contribution in [0.2, 0.25) is 0 Å². The van der Waals surface area contributed by atoms with Crippen LogP contribution in [0, 0.1) is 0 Å². The van der Waals surface area contributed by atoms with E-state index >= 15 is 0 Å². The molecule has 0 bridgehead atoms. The Morgan fingerprint density at radius 2 is 0.809 bits per heavy atom. The van der Waals surface area contributed by atoms with Crippen LogP contribution in [-0.4, -0.2) is 66.4 Å². The van der Waals surface area contributed by atoms with Crippen LogP contribution in [0.3, 0.4) is 0 Å². The van der Waals surface area contributed by atoms with Gasteiger partial charge < -0.3 is 25.1 Å². The summed E-state index contributed by atoms with van der Waals surface area (Å²) in [4.78, 5) is 57.1. The van der Waals surface area contributed by atoms with E-state index in [1.54, 1.807) is 0 Å². The lowest BCUT2D eigenvalue weighted by Gasteiger charge is -2.32. The maximum Gasteiger partial charge on any atom is 0.333 e. The number of hydrogen-bond acceptors (Lipinski definition) is 7. The maximum atomic E-state index is 13.0. The molecule has 0 aliphatic carbocycles. The summed E-state index contributed by atoms with van der Waals surface area (Å²) in [6.07, 6.45) is 21.7. The molecular formula is C37H71O9P. The summed E-state index contributed by atoms with van der Waals surface area (Å²) in [5, 5.41) is 32.3. The lowest BCUT2D eigenvalue weighted by Crippen LogP contribution is -2.62. The highest BCUT2D eigenvalue weighted by Crippen LogP contribution is 2.37. The first-order valence-electron chi connectivity index (χ1n) is 19.1. The zero-order valence-electron chi connectivity index (χ0n) is 30.0. The second-order valence-corrected chi connectivity index (χ2v) is 15.4. The van der Waals surface area contributed by atoms with Gasteiger partial charge in [0, 0.05) is 12.8 Å². The lowest BCUT2D eigenvalue weighted by molar-refractivity contribution is -0.173. The summed E-state index contributed by atoms with van der Waals surface area (Å²) < 4.78 is 11.5. The third-order valence-corrected chi connectivity index (χ3v) is 9.99. The highest BCUT2D eigenvalue weighted by Gasteiger charge is 2.54. The van der Waals surface area contributed by atoms with Crippen LogP contribution in [0.4, 0.5) is 0 Å². The summed E-state index contributed by atoms with van der Waals surface area (Å²) in [5.74, 6) is -3.55. The molecular weight excluding hydrogens is 619 g/mol. The molecule has 0 aromatic heterocycles. The summed E-state index contributed by atoms with van der Waals surface area (Å²) in [6.45, 7) is 4.42. The SMILES string of the molecule is CCCCCCCCCCCCCCCC(=O)C(O)C(O)C(O)(C(=O)CCCCCCCCCCCCCCC)C(=O)CP(=O)(O)O. The largest absolute Gasteiger partial charge is 0.386 e. The Morgan fingerprint density at radius 1 is 0.511 bits per heavy atom. The van der Waals surface area contributed by atoms with Gasteiger partial charge >= 0.3 is 7.60 Å². The van der Waals surface area contributed by atoms with E-state index in [0.29, 0.717) is 19.3 Å². The molecule has 9 nitrogen and oxygen atoms in total. The van der Waals surface area contributed by atoms with Gasteiger partial charge in [-0.2, -0.15) is 0 Å². The van der Waals surface area contributed by atoms with Gasteiger partial charge in [-0.15, -0.1) is 0 Å². The molecule has 0 fully saturated rings. The number of aliphatic hydroxyl groups excluding tert-OH is 2. The number of hydrogen-bond donors (Lipinski definition) is 5. The average Bonchev–Trinajstić information content (AvgIpc) is 3.03. The van der Waals surface area contributed by atoms with Crippen molar-refractivity contribution in [3.8, 4) is 0 Å². The molecule has 10 heteroatoms. The number of rotatable bonds is 35. The monoisotopic (exact) mass is 690 g/mol. The fourth-order valence-corrected chi connectivity index (χ4v) is 6.77. The minimum Gasteiger partial charge on any atom is -0.386 e. The van der Waals surface area contributed by atoms with Gasteiger partial charge in [-0.25, -0.2) is 0 Å². The van der Waals surface area contributed by atoms with Crippen molar-refractivity contribution in [2.45, 2.75) is 211 Å². The zero-order chi connectivity index (χ0) is 35.4. The molecule has 0 saturated carbocycles. The fourth-order valence-electron chi connectivity index (χ4n) is 6.16. The van der Waals surface area contributed by atoms with E-state index in [-0.39, 0.29) is 12.8 Å².